The number of aromatic nitrogens is 1. The summed E-state index contributed by atoms with van der Waals surface area (Å²) >= 11 is 0. The van der Waals surface area contributed by atoms with Crippen LogP contribution in [0.15, 0.2) is 24.4 Å². The van der Waals surface area contributed by atoms with Gasteiger partial charge in [-0.15, -0.1) is 0 Å². The fourth-order valence-corrected chi connectivity index (χ4v) is 3.42. The van der Waals surface area contributed by atoms with Crippen LogP contribution in [0.3, 0.4) is 0 Å². The molecule has 1 heterocycles. The number of hydrogen-bond donors (Lipinski definition) is 3. The van der Waals surface area contributed by atoms with E-state index in [4.69, 9.17) is 10.5 Å². The number of hydrogen-bond acceptors (Lipinski definition) is 4. The third-order valence-corrected chi connectivity index (χ3v) is 4.76. The second kappa shape index (κ2) is 6.28. The van der Waals surface area contributed by atoms with Gasteiger partial charge < -0.3 is 20.8 Å². The van der Waals surface area contributed by atoms with Crippen molar-refractivity contribution in [3.63, 3.8) is 0 Å². The van der Waals surface area contributed by atoms with Crippen LogP contribution in [-0.4, -0.2) is 36.1 Å². The molecule has 1 aromatic carbocycles. The molecule has 1 aliphatic rings. The van der Waals surface area contributed by atoms with Crippen molar-refractivity contribution in [2.24, 2.45) is 11.7 Å². The molecule has 0 radical (unpaired) electrons. The standard InChI is InChI=1S/C18H23N3O3/c1-11-3-4-15-14(5-11)13(10-20-15)6-16(22)21-9-12-7-18(19,8-12)17(23)24-2/h3-5,10,12,20H,6-9,19H2,1-2H3,(H,21,22). The molecule has 0 spiro atoms. The van der Waals surface area contributed by atoms with Gasteiger partial charge in [-0.1, -0.05) is 11.6 Å². The van der Waals surface area contributed by atoms with Crippen LogP contribution in [0.1, 0.15) is 24.0 Å². The van der Waals surface area contributed by atoms with Gasteiger partial charge in [0.05, 0.1) is 13.5 Å². The smallest absolute Gasteiger partial charge is 0.325 e. The second-order valence-corrected chi connectivity index (χ2v) is 6.77. The number of carbonyl (C=O) groups excluding carboxylic acids is 2. The SMILES string of the molecule is COC(=O)C1(N)CC(CNC(=O)Cc2c[nH]c3ccc(C)cc23)C1. The van der Waals surface area contributed by atoms with Crippen LogP contribution in [0.5, 0.6) is 0 Å². The highest BCUT2D eigenvalue weighted by atomic mass is 16.5. The molecule has 6 nitrogen and oxygen atoms in total. The number of carbonyl (C=O) groups is 2. The average molecular weight is 329 g/mol. The van der Waals surface area contributed by atoms with E-state index in [9.17, 15) is 9.59 Å². The van der Waals surface area contributed by atoms with E-state index in [1.54, 1.807) is 0 Å². The molecule has 24 heavy (non-hydrogen) atoms. The quantitative estimate of drug-likeness (QED) is 0.723. The molecule has 128 valence electrons. The summed E-state index contributed by atoms with van der Waals surface area (Å²) in [6, 6.07) is 6.15. The number of fused-ring (bicyclic) bond motifs is 1. The molecule has 0 atom stereocenters. The lowest BCUT2D eigenvalue weighted by molar-refractivity contribution is -0.152. The minimum absolute atomic E-state index is 0.0232. The summed E-state index contributed by atoms with van der Waals surface area (Å²) in [5.41, 5.74) is 8.26. The van der Waals surface area contributed by atoms with Crippen molar-refractivity contribution in [2.45, 2.75) is 31.7 Å². The largest absolute Gasteiger partial charge is 0.468 e. The second-order valence-electron chi connectivity index (χ2n) is 6.77. The minimum Gasteiger partial charge on any atom is -0.468 e. The Kier molecular flexibility index (Phi) is 4.32. The molecule has 0 bridgehead atoms. The number of aryl methyl sites for hydroxylation is 1. The topological polar surface area (TPSA) is 97.2 Å². The van der Waals surface area contributed by atoms with Gasteiger partial charge in [0.25, 0.3) is 0 Å². The van der Waals surface area contributed by atoms with Crippen LogP contribution in [0.2, 0.25) is 0 Å². The van der Waals surface area contributed by atoms with Crippen molar-refractivity contribution >= 4 is 22.8 Å². The maximum atomic E-state index is 12.2. The highest BCUT2D eigenvalue weighted by Gasteiger charge is 2.47. The van der Waals surface area contributed by atoms with E-state index in [2.05, 4.69) is 16.4 Å². The predicted molar refractivity (Wildman–Crippen MR) is 91.4 cm³/mol. The van der Waals surface area contributed by atoms with Crippen LogP contribution in [-0.2, 0) is 20.7 Å². The van der Waals surface area contributed by atoms with Crippen LogP contribution in [0.25, 0.3) is 10.9 Å². The molecule has 4 N–H and O–H groups in total. The van der Waals surface area contributed by atoms with Gasteiger partial charge in [0.2, 0.25) is 5.91 Å². The van der Waals surface area contributed by atoms with Crippen LogP contribution < -0.4 is 11.1 Å². The first-order valence-electron chi connectivity index (χ1n) is 8.12. The summed E-state index contributed by atoms with van der Waals surface area (Å²) in [5, 5.41) is 4.02. The number of H-pyrrole nitrogens is 1. The zero-order valence-electron chi connectivity index (χ0n) is 14.0. The van der Waals surface area contributed by atoms with E-state index in [0.717, 1.165) is 16.5 Å². The summed E-state index contributed by atoms with van der Waals surface area (Å²) in [6.07, 6.45) is 3.31. The van der Waals surface area contributed by atoms with Gasteiger partial charge in [0.1, 0.15) is 5.54 Å². The monoisotopic (exact) mass is 329 g/mol. The van der Waals surface area contributed by atoms with Crippen molar-refractivity contribution in [3.8, 4) is 0 Å². The van der Waals surface area contributed by atoms with Gasteiger partial charge in [-0.05, 0) is 43.4 Å². The number of aromatic amines is 1. The Morgan fingerprint density at radius 3 is 2.88 bits per heavy atom. The summed E-state index contributed by atoms with van der Waals surface area (Å²) in [4.78, 5) is 26.9. The van der Waals surface area contributed by atoms with Crippen molar-refractivity contribution in [1.82, 2.24) is 10.3 Å². The Hall–Kier alpha value is -2.34. The van der Waals surface area contributed by atoms with Crippen LogP contribution >= 0.6 is 0 Å². The van der Waals surface area contributed by atoms with Crippen LogP contribution in [0, 0.1) is 12.8 Å². The third kappa shape index (κ3) is 3.14. The summed E-state index contributed by atoms with van der Waals surface area (Å²) in [7, 11) is 1.34. The minimum atomic E-state index is -0.876. The lowest BCUT2D eigenvalue weighted by Gasteiger charge is -2.42. The highest BCUT2D eigenvalue weighted by molar-refractivity contribution is 5.89. The van der Waals surface area contributed by atoms with Crippen LogP contribution in [0.4, 0.5) is 0 Å². The number of benzene rings is 1. The molecule has 6 heteroatoms. The van der Waals surface area contributed by atoms with Crippen molar-refractivity contribution in [3.05, 3.63) is 35.5 Å². The Bertz CT molecular complexity index is 775. The molecule has 1 aliphatic carbocycles. The summed E-state index contributed by atoms with van der Waals surface area (Å²) in [6.45, 7) is 2.57. The molecule has 1 aromatic heterocycles. The van der Waals surface area contributed by atoms with E-state index in [0.29, 0.717) is 25.8 Å². The van der Waals surface area contributed by atoms with Gasteiger partial charge in [0.15, 0.2) is 0 Å². The summed E-state index contributed by atoms with van der Waals surface area (Å²) in [5.74, 6) is -0.174. The molecule has 1 amide bonds. The lowest BCUT2D eigenvalue weighted by atomic mass is 9.69. The van der Waals surface area contributed by atoms with Gasteiger partial charge in [-0.2, -0.15) is 0 Å². The number of amides is 1. The maximum Gasteiger partial charge on any atom is 0.325 e. The van der Waals surface area contributed by atoms with Gasteiger partial charge in [0, 0.05) is 23.6 Å². The summed E-state index contributed by atoms with van der Waals surface area (Å²) < 4.78 is 4.70. The predicted octanol–water partition coefficient (Wildman–Crippen LogP) is 1.42. The molecule has 0 saturated heterocycles. The molecule has 1 fully saturated rings. The molecule has 0 aliphatic heterocycles. The lowest BCUT2D eigenvalue weighted by Crippen LogP contribution is -2.60. The fourth-order valence-electron chi connectivity index (χ4n) is 3.42. The molecule has 1 saturated carbocycles. The molecule has 2 aromatic rings. The third-order valence-electron chi connectivity index (χ3n) is 4.76. The normalized spacial score (nSPS) is 22.9. The van der Waals surface area contributed by atoms with Gasteiger partial charge in [-0.3, -0.25) is 9.59 Å². The average Bonchev–Trinajstić information content (AvgIpc) is 2.91. The van der Waals surface area contributed by atoms with E-state index >= 15 is 0 Å². The number of esters is 1. The first-order chi connectivity index (χ1) is 11.4. The number of nitrogens with two attached hydrogens (primary N) is 1. The maximum absolute atomic E-state index is 12.2. The molecule has 0 unspecified atom stereocenters. The molecule has 3 rings (SSSR count). The van der Waals surface area contributed by atoms with Gasteiger partial charge in [-0.25, -0.2) is 0 Å². The Balaban J connectivity index is 1.52. The van der Waals surface area contributed by atoms with Crippen molar-refractivity contribution in [2.75, 3.05) is 13.7 Å². The van der Waals surface area contributed by atoms with E-state index in [-0.39, 0.29) is 17.8 Å². The van der Waals surface area contributed by atoms with E-state index in [1.807, 2.05) is 25.3 Å². The molecular formula is C18H23N3O3. The highest BCUT2D eigenvalue weighted by Crippen LogP contribution is 2.36. The Morgan fingerprint density at radius 2 is 2.17 bits per heavy atom. The van der Waals surface area contributed by atoms with Gasteiger partial charge >= 0.3 is 5.97 Å². The Labute approximate surface area is 140 Å². The molecular weight excluding hydrogens is 306 g/mol. The number of rotatable bonds is 5. The van der Waals surface area contributed by atoms with E-state index < -0.39 is 5.54 Å². The number of nitrogens with one attached hydrogen (secondary N) is 2. The number of ether oxygens (including phenoxy) is 1. The zero-order valence-corrected chi connectivity index (χ0v) is 14.0. The Morgan fingerprint density at radius 1 is 1.42 bits per heavy atom. The first-order valence-corrected chi connectivity index (χ1v) is 8.12. The number of methoxy groups -OCH3 is 1. The fraction of sp³-hybridized carbons (Fsp3) is 0.444. The van der Waals surface area contributed by atoms with Crippen molar-refractivity contribution < 1.29 is 14.3 Å². The zero-order chi connectivity index (χ0) is 17.3. The van der Waals surface area contributed by atoms with Crippen molar-refractivity contribution in [1.29, 1.82) is 0 Å². The van der Waals surface area contributed by atoms with E-state index in [1.165, 1.54) is 12.7 Å². The first kappa shape index (κ1) is 16.5.